The summed E-state index contributed by atoms with van der Waals surface area (Å²) in [7, 11) is 0. The lowest BCUT2D eigenvalue weighted by Crippen LogP contribution is -2.36. The van der Waals surface area contributed by atoms with Crippen LogP contribution in [0.15, 0.2) is 48.5 Å². The number of aliphatic hydroxyl groups excluding tert-OH is 1. The number of H-pyrrole nitrogens is 1. The molecule has 4 nitrogen and oxygen atoms in total. The quantitative estimate of drug-likeness (QED) is 0.462. The van der Waals surface area contributed by atoms with Crippen LogP contribution in [0.3, 0.4) is 0 Å². The molecule has 3 rings (SSSR count). The van der Waals surface area contributed by atoms with E-state index in [0.717, 1.165) is 48.3 Å². The maximum atomic E-state index is 9.16. The molecule has 0 aliphatic carbocycles. The van der Waals surface area contributed by atoms with Gasteiger partial charge in [-0.2, -0.15) is 0 Å². The molecule has 0 saturated carbocycles. The summed E-state index contributed by atoms with van der Waals surface area (Å²) in [6.45, 7) is 8.36. The van der Waals surface area contributed by atoms with Gasteiger partial charge >= 0.3 is 0 Å². The number of para-hydroxylation sites is 1. The van der Waals surface area contributed by atoms with Crippen LogP contribution in [0.25, 0.3) is 22.2 Å². The van der Waals surface area contributed by atoms with Crippen LogP contribution in [0.1, 0.15) is 39.2 Å². The molecule has 0 saturated heterocycles. The second-order valence-electron chi connectivity index (χ2n) is 8.26. The molecule has 0 amide bonds. The van der Waals surface area contributed by atoms with Gasteiger partial charge in [-0.1, -0.05) is 24.3 Å². The third-order valence-corrected chi connectivity index (χ3v) is 4.77. The lowest BCUT2D eigenvalue weighted by molar-refractivity contribution is 0.289. The van der Waals surface area contributed by atoms with Gasteiger partial charge in [0.25, 0.3) is 0 Å². The van der Waals surface area contributed by atoms with Crippen LogP contribution >= 0.6 is 0 Å². The predicted molar refractivity (Wildman–Crippen MR) is 117 cm³/mol. The third kappa shape index (κ3) is 5.37. The minimum Gasteiger partial charge on any atom is -0.493 e. The molecule has 3 aromatic rings. The first-order chi connectivity index (χ1) is 13.5. The van der Waals surface area contributed by atoms with Gasteiger partial charge in [-0.25, -0.2) is 0 Å². The van der Waals surface area contributed by atoms with Crippen molar-refractivity contribution in [1.82, 2.24) is 10.3 Å². The molecular weight excluding hydrogens is 348 g/mol. The number of rotatable bonds is 9. The summed E-state index contributed by atoms with van der Waals surface area (Å²) in [6, 6.07) is 16.7. The highest BCUT2D eigenvalue weighted by molar-refractivity contribution is 5.89. The van der Waals surface area contributed by atoms with Gasteiger partial charge in [0.05, 0.1) is 12.3 Å². The molecule has 1 heterocycles. The minimum absolute atomic E-state index is 0.135. The van der Waals surface area contributed by atoms with E-state index >= 15 is 0 Å². The number of benzene rings is 2. The van der Waals surface area contributed by atoms with Gasteiger partial charge in [0.1, 0.15) is 5.75 Å². The number of aryl methyl sites for hydroxylation is 1. The molecule has 3 N–H and O–H groups in total. The fourth-order valence-electron chi connectivity index (χ4n) is 3.38. The first-order valence-electron chi connectivity index (χ1n) is 10.2. The Morgan fingerprint density at radius 3 is 2.64 bits per heavy atom. The Hall–Kier alpha value is -2.30. The first-order valence-corrected chi connectivity index (χ1v) is 10.2. The average Bonchev–Trinajstić information content (AvgIpc) is 3.10. The lowest BCUT2D eigenvalue weighted by atomic mass is 10.0. The molecule has 28 heavy (non-hydrogen) atoms. The molecule has 2 aromatic carbocycles. The Bertz CT molecular complexity index is 893. The molecule has 150 valence electrons. The highest BCUT2D eigenvalue weighted by Crippen LogP contribution is 2.33. The van der Waals surface area contributed by atoms with Crippen molar-refractivity contribution < 1.29 is 9.84 Å². The minimum atomic E-state index is 0.135. The van der Waals surface area contributed by atoms with Crippen molar-refractivity contribution >= 4 is 10.9 Å². The SMILES string of the molecule is CC(C)(C)NCCCOc1ccccc1-c1cc2c(CCCO)cccc2[nH]1. The van der Waals surface area contributed by atoms with Crippen molar-refractivity contribution in [3.8, 4) is 17.0 Å². The van der Waals surface area contributed by atoms with E-state index in [2.05, 4.69) is 61.4 Å². The summed E-state index contributed by atoms with van der Waals surface area (Å²) < 4.78 is 6.10. The molecule has 0 aliphatic rings. The predicted octanol–water partition coefficient (Wildman–Crippen LogP) is 4.92. The fraction of sp³-hybridized carbons (Fsp3) is 0.417. The van der Waals surface area contributed by atoms with Gasteiger partial charge in [0.15, 0.2) is 0 Å². The van der Waals surface area contributed by atoms with Crippen LogP contribution < -0.4 is 10.1 Å². The summed E-state index contributed by atoms with van der Waals surface area (Å²) in [6.07, 6.45) is 2.62. The second-order valence-corrected chi connectivity index (χ2v) is 8.26. The van der Waals surface area contributed by atoms with Gasteiger partial charge in [-0.3, -0.25) is 0 Å². The normalized spacial score (nSPS) is 11.9. The van der Waals surface area contributed by atoms with Crippen molar-refractivity contribution in [2.24, 2.45) is 0 Å². The number of aliphatic hydroxyl groups is 1. The Morgan fingerprint density at radius 1 is 1.04 bits per heavy atom. The Kier molecular flexibility index (Phi) is 6.76. The second kappa shape index (κ2) is 9.26. The molecule has 0 bridgehead atoms. The van der Waals surface area contributed by atoms with Gasteiger partial charge in [-0.15, -0.1) is 0 Å². The van der Waals surface area contributed by atoms with Crippen LogP contribution in [-0.2, 0) is 6.42 Å². The van der Waals surface area contributed by atoms with E-state index in [-0.39, 0.29) is 12.1 Å². The summed E-state index contributed by atoms with van der Waals surface area (Å²) in [5.74, 6) is 0.904. The topological polar surface area (TPSA) is 57.3 Å². The number of ether oxygens (including phenoxy) is 1. The van der Waals surface area contributed by atoms with E-state index in [9.17, 15) is 0 Å². The Labute approximate surface area is 167 Å². The molecule has 4 heteroatoms. The number of hydrogen-bond acceptors (Lipinski definition) is 3. The number of aromatic nitrogens is 1. The van der Waals surface area contributed by atoms with E-state index in [1.165, 1.54) is 10.9 Å². The lowest BCUT2D eigenvalue weighted by Gasteiger charge is -2.20. The smallest absolute Gasteiger partial charge is 0.128 e. The first kappa shape index (κ1) is 20.4. The molecule has 0 spiro atoms. The molecule has 0 radical (unpaired) electrons. The van der Waals surface area contributed by atoms with Gasteiger partial charge < -0.3 is 20.1 Å². The summed E-state index contributed by atoms with van der Waals surface area (Å²) in [5.41, 5.74) is 4.66. The van der Waals surface area contributed by atoms with Gasteiger partial charge in [-0.05, 0) is 76.4 Å². The Balaban J connectivity index is 1.75. The average molecular weight is 381 g/mol. The summed E-state index contributed by atoms with van der Waals surface area (Å²) in [4.78, 5) is 3.54. The number of nitrogens with one attached hydrogen (secondary N) is 2. The maximum absolute atomic E-state index is 9.16. The van der Waals surface area contributed by atoms with E-state index in [1.54, 1.807) is 0 Å². The van der Waals surface area contributed by atoms with Gasteiger partial charge in [0.2, 0.25) is 0 Å². The molecule has 0 aliphatic heterocycles. The van der Waals surface area contributed by atoms with Crippen molar-refractivity contribution in [1.29, 1.82) is 0 Å². The number of hydrogen-bond donors (Lipinski definition) is 3. The van der Waals surface area contributed by atoms with E-state index in [4.69, 9.17) is 9.84 Å². The van der Waals surface area contributed by atoms with Crippen molar-refractivity contribution in [3.05, 3.63) is 54.1 Å². The highest BCUT2D eigenvalue weighted by Gasteiger charge is 2.12. The molecule has 0 fully saturated rings. The number of fused-ring (bicyclic) bond motifs is 1. The van der Waals surface area contributed by atoms with Crippen LogP contribution in [0.5, 0.6) is 5.75 Å². The zero-order valence-electron chi connectivity index (χ0n) is 17.2. The third-order valence-electron chi connectivity index (χ3n) is 4.77. The van der Waals surface area contributed by atoms with Crippen LogP contribution in [-0.4, -0.2) is 35.4 Å². The zero-order chi connectivity index (χ0) is 20.0. The molecule has 0 unspecified atom stereocenters. The Morgan fingerprint density at radius 2 is 1.86 bits per heavy atom. The summed E-state index contributed by atoms with van der Waals surface area (Å²) in [5, 5.41) is 13.9. The zero-order valence-corrected chi connectivity index (χ0v) is 17.2. The van der Waals surface area contributed by atoms with Crippen LogP contribution in [0, 0.1) is 0 Å². The largest absolute Gasteiger partial charge is 0.493 e. The molecule has 0 atom stereocenters. The standard InChI is InChI=1S/C24H32N2O2/c1-24(2,3)25-14-8-16-28-23-13-5-4-11-19(23)22-17-20-18(10-7-15-27)9-6-12-21(20)26-22/h4-6,9,11-13,17,25-27H,7-8,10,14-16H2,1-3H3. The van der Waals surface area contributed by atoms with Crippen LogP contribution in [0.2, 0.25) is 0 Å². The van der Waals surface area contributed by atoms with E-state index < -0.39 is 0 Å². The van der Waals surface area contributed by atoms with Crippen molar-refractivity contribution in [2.75, 3.05) is 19.8 Å². The summed E-state index contributed by atoms with van der Waals surface area (Å²) >= 11 is 0. The molecular formula is C24H32N2O2. The van der Waals surface area contributed by atoms with Gasteiger partial charge in [0, 0.05) is 28.6 Å². The van der Waals surface area contributed by atoms with Crippen LogP contribution in [0.4, 0.5) is 0 Å². The monoisotopic (exact) mass is 380 g/mol. The fourth-order valence-corrected chi connectivity index (χ4v) is 3.38. The van der Waals surface area contributed by atoms with Crippen molar-refractivity contribution in [2.45, 2.75) is 45.6 Å². The van der Waals surface area contributed by atoms with E-state index in [1.807, 2.05) is 18.2 Å². The molecule has 1 aromatic heterocycles. The van der Waals surface area contributed by atoms with Crippen molar-refractivity contribution in [3.63, 3.8) is 0 Å². The van der Waals surface area contributed by atoms with E-state index in [0.29, 0.717) is 6.61 Å². The highest BCUT2D eigenvalue weighted by atomic mass is 16.5. The number of aromatic amines is 1. The maximum Gasteiger partial charge on any atom is 0.128 e.